The van der Waals surface area contributed by atoms with Crippen LogP contribution in [0.3, 0.4) is 0 Å². The highest BCUT2D eigenvalue weighted by Crippen LogP contribution is 2.65. The summed E-state index contributed by atoms with van der Waals surface area (Å²) in [6.07, 6.45) is 8.45. The molecule has 3 fully saturated rings. The van der Waals surface area contributed by atoms with Crippen LogP contribution in [0.25, 0.3) is 0 Å². The van der Waals surface area contributed by atoms with Crippen molar-refractivity contribution < 1.29 is 24.2 Å². The van der Waals surface area contributed by atoms with Gasteiger partial charge in [-0.1, -0.05) is 76.1 Å². The zero-order chi connectivity index (χ0) is 30.5. The van der Waals surface area contributed by atoms with E-state index in [1.807, 2.05) is 44.2 Å². The number of ether oxygens (including phenoxy) is 1. The lowest BCUT2D eigenvalue weighted by Gasteiger charge is -2.39. The first-order valence-electron chi connectivity index (χ1n) is 15.8. The normalized spacial score (nSPS) is 28.4. The van der Waals surface area contributed by atoms with Crippen LogP contribution < -0.4 is 0 Å². The summed E-state index contributed by atoms with van der Waals surface area (Å²) in [6.45, 7) is 15.2. The molecule has 0 saturated carbocycles. The van der Waals surface area contributed by atoms with Crippen molar-refractivity contribution >= 4 is 17.7 Å². The van der Waals surface area contributed by atoms with Gasteiger partial charge in [0.2, 0.25) is 17.7 Å². The molecule has 8 heteroatoms. The highest BCUT2D eigenvalue weighted by Gasteiger charge is 2.79. The number of nitrogens with zero attached hydrogens (tertiary/aromatic N) is 3. The van der Waals surface area contributed by atoms with Crippen molar-refractivity contribution in [2.24, 2.45) is 11.8 Å². The van der Waals surface area contributed by atoms with Crippen molar-refractivity contribution in [3.8, 4) is 0 Å². The molecule has 3 amide bonds. The van der Waals surface area contributed by atoms with E-state index in [0.29, 0.717) is 51.9 Å². The fourth-order valence-electron chi connectivity index (χ4n) is 7.68. The summed E-state index contributed by atoms with van der Waals surface area (Å²) >= 11 is 0. The molecule has 3 aliphatic heterocycles. The fraction of sp³-hybridized carbons (Fsp3) is 0.618. The van der Waals surface area contributed by atoms with Gasteiger partial charge in [0.25, 0.3) is 0 Å². The second kappa shape index (κ2) is 13.6. The second-order valence-corrected chi connectivity index (χ2v) is 12.1. The Morgan fingerprint density at radius 1 is 1.07 bits per heavy atom. The quantitative estimate of drug-likeness (QED) is 0.233. The van der Waals surface area contributed by atoms with Crippen LogP contribution in [0.5, 0.6) is 0 Å². The summed E-state index contributed by atoms with van der Waals surface area (Å²) in [6, 6.07) is 8.34. The largest absolute Gasteiger partial charge is 0.394 e. The summed E-state index contributed by atoms with van der Waals surface area (Å²) in [5.41, 5.74) is -0.961. The number of likely N-dealkylation sites (tertiary alicyclic amines) is 1. The third kappa shape index (κ3) is 5.44. The van der Waals surface area contributed by atoms with Crippen LogP contribution in [-0.2, 0) is 25.7 Å². The first kappa shape index (κ1) is 32.0. The molecule has 2 unspecified atom stereocenters. The van der Waals surface area contributed by atoms with Gasteiger partial charge in [-0.3, -0.25) is 14.4 Å². The van der Waals surface area contributed by atoms with Gasteiger partial charge in [-0.15, -0.1) is 13.2 Å². The van der Waals surface area contributed by atoms with Crippen LogP contribution in [0.4, 0.5) is 0 Å². The third-order valence-electron chi connectivity index (χ3n) is 9.76. The maximum Gasteiger partial charge on any atom is 0.248 e. The van der Waals surface area contributed by atoms with Gasteiger partial charge in [0.05, 0.1) is 30.1 Å². The Labute approximate surface area is 251 Å². The van der Waals surface area contributed by atoms with Crippen molar-refractivity contribution in [2.75, 3.05) is 26.2 Å². The van der Waals surface area contributed by atoms with Crippen molar-refractivity contribution in [1.82, 2.24) is 14.7 Å². The Balaban J connectivity index is 1.78. The van der Waals surface area contributed by atoms with Gasteiger partial charge in [-0.25, -0.2) is 0 Å². The minimum Gasteiger partial charge on any atom is -0.394 e. The average Bonchev–Trinajstić information content (AvgIpc) is 3.61. The van der Waals surface area contributed by atoms with Gasteiger partial charge >= 0.3 is 0 Å². The van der Waals surface area contributed by atoms with E-state index in [2.05, 4.69) is 20.1 Å². The summed E-state index contributed by atoms with van der Waals surface area (Å²) < 4.78 is 6.97. The number of hydrogen-bond acceptors (Lipinski definition) is 5. The van der Waals surface area contributed by atoms with Gasteiger partial charge in [0.1, 0.15) is 11.6 Å². The highest BCUT2D eigenvalue weighted by atomic mass is 16.5. The van der Waals surface area contributed by atoms with Gasteiger partial charge < -0.3 is 24.5 Å². The Bertz CT molecular complexity index is 1140. The van der Waals surface area contributed by atoms with E-state index in [1.54, 1.807) is 26.9 Å². The fourth-order valence-corrected chi connectivity index (χ4v) is 7.68. The number of unbranched alkanes of at least 4 members (excludes halogenated alkanes) is 2. The molecule has 4 rings (SSSR count). The molecule has 1 aromatic rings. The molecule has 230 valence electrons. The number of aliphatic hydroxyl groups excluding tert-OH is 1. The smallest absolute Gasteiger partial charge is 0.248 e. The number of aliphatic hydroxyl groups is 1. The van der Waals surface area contributed by atoms with Crippen LogP contribution in [0.1, 0.15) is 71.3 Å². The SMILES string of the molecule is C=CCN(CCCCC)C(=O)C1N([C@@H](CC)CO)C(=O)[C@@H]2[C@H](C(=O)N(CC=C)Cc3ccccc3)[C@]3(CC)CCC12O3. The Morgan fingerprint density at radius 2 is 1.76 bits per heavy atom. The predicted octanol–water partition coefficient (Wildman–Crippen LogP) is 4.33. The van der Waals surface area contributed by atoms with E-state index in [-0.39, 0.29) is 24.3 Å². The zero-order valence-electron chi connectivity index (χ0n) is 25.7. The minimum absolute atomic E-state index is 0.142. The minimum atomic E-state index is -1.12. The maximum absolute atomic E-state index is 14.6. The molecule has 3 saturated heterocycles. The van der Waals surface area contributed by atoms with E-state index in [4.69, 9.17) is 4.74 Å². The number of carbonyl (C=O) groups excluding carboxylic acids is 3. The Hall–Kier alpha value is -2.97. The van der Waals surface area contributed by atoms with Crippen LogP contribution in [0.15, 0.2) is 55.6 Å². The summed E-state index contributed by atoms with van der Waals surface area (Å²) in [5.74, 6) is -2.10. The lowest BCUT2D eigenvalue weighted by Crippen LogP contribution is -2.59. The first-order valence-corrected chi connectivity index (χ1v) is 15.8. The topological polar surface area (TPSA) is 90.4 Å². The molecule has 3 aliphatic rings. The van der Waals surface area contributed by atoms with E-state index in [0.717, 1.165) is 24.8 Å². The van der Waals surface area contributed by atoms with E-state index >= 15 is 0 Å². The molecular formula is C34H49N3O5. The molecule has 3 heterocycles. The van der Waals surface area contributed by atoms with Gasteiger partial charge in [0.15, 0.2) is 0 Å². The second-order valence-electron chi connectivity index (χ2n) is 12.1. The highest BCUT2D eigenvalue weighted by molar-refractivity contribution is 5.99. The summed E-state index contributed by atoms with van der Waals surface area (Å²) in [7, 11) is 0. The van der Waals surface area contributed by atoms with E-state index in [9.17, 15) is 19.5 Å². The average molecular weight is 580 g/mol. The monoisotopic (exact) mass is 579 g/mol. The molecular weight excluding hydrogens is 530 g/mol. The van der Waals surface area contributed by atoms with Crippen molar-refractivity contribution in [3.05, 3.63) is 61.2 Å². The number of hydrogen-bond donors (Lipinski definition) is 1. The first-order chi connectivity index (χ1) is 20.3. The van der Waals surface area contributed by atoms with Gasteiger partial charge in [0, 0.05) is 26.2 Å². The number of amides is 3. The maximum atomic E-state index is 14.6. The number of benzene rings is 1. The molecule has 0 radical (unpaired) electrons. The molecule has 2 bridgehead atoms. The van der Waals surface area contributed by atoms with E-state index in [1.165, 1.54) is 0 Å². The third-order valence-corrected chi connectivity index (χ3v) is 9.76. The molecule has 42 heavy (non-hydrogen) atoms. The molecule has 1 N–H and O–H groups in total. The summed E-state index contributed by atoms with van der Waals surface area (Å²) in [5, 5.41) is 10.4. The number of fused-ring (bicyclic) bond motifs is 1. The van der Waals surface area contributed by atoms with Crippen LogP contribution >= 0.6 is 0 Å². The van der Waals surface area contributed by atoms with Crippen LogP contribution in [0.2, 0.25) is 0 Å². The standard InChI is InChI=1S/C34H49N3O5/c1-6-11-15-22-35(20-7-2)32(41)29-34-19-18-33(10-5,42-34)27(28(34)31(40)37(29)26(9-4)24-38)30(39)36(21-8-3)23-25-16-13-12-14-17-25/h7-8,12-14,16-17,26-29,38H,2-3,6,9-11,15,18-24H2,1,4-5H3/t26-,27+,28-,29?,33-,34?/m0/s1. The van der Waals surface area contributed by atoms with Crippen molar-refractivity contribution in [3.63, 3.8) is 0 Å². The van der Waals surface area contributed by atoms with Gasteiger partial charge in [-0.05, 0) is 37.7 Å². The van der Waals surface area contributed by atoms with Crippen molar-refractivity contribution in [1.29, 1.82) is 0 Å². The Morgan fingerprint density at radius 3 is 2.36 bits per heavy atom. The molecule has 6 atom stereocenters. The molecule has 0 aliphatic carbocycles. The Kier molecular flexibility index (Phi) is 10.3. The number of rotatable bonds is 16. The van der Waals surface area contributed by atoms with E-state index < -0.39 is 35.1 Å². The van der Waals surface area contributed by atoms with Gasteiger partial charge in [-0.2, -0.15) is 0 Å². The number of carbonyl (C=O) groups is 3. The molecule has 0 aromatic heterocycles. The van der Waals surface area contributed by atoms with Crippen LogP contribution in [0, 0.1) is 11.8 Å². The molecule has 1 aromatic carbocycles. The molecule has 1 spiro atoms. The molecule has 8 nitrogen and oxygen atoms in total. The lowest BCUT2D eigenvalue weighted by molar-refractivity contribution is -0.158. The predicted molar refractivity (Wildman–Crippen MR) is 163 cm³/mol. The van der Waals surface area contributed by atoms with Crippen LogP contribution in [-0.4, -0.2) is 87.1 Å². The zero-order valence-corrected chi connectivity index (χ0v) is 25.7. The summed E-state index contributed by atoms with van der Waals surface area (Å²) in [4.78, 5) is 48.7. The van der Waals surface area contributed by atoms with Crippen molar-refractivity contribution in [2.45, 2.75) is 95.5 Å². The lowest BCUT2D eigenvalue weighted by atomic mass is 9.64.